The van der Waals surface area contributed by atoms with E-state index in [2.05, 4.69) is 15.3 Å². The highest BCUT2D eigenvalue weighted by Crippen LogP contribution is 2.11. The molecule has 0 radical (unpaired) electrons. The maximum Gasteiger partial charge on any atom is 0.252 e. The van der Waals surface area contributed by atoms with Gasteiger partial charge in [0.15, 0.2) is 0 Å². The highest BCUT2D eigenvalue weighted by atomic mass is 19.1. The summed E-state index contributed by atoms with van der Waals surface area (Å²) in [6.45, 7) is 1.99. The van der Waals surface area contributed by atoms with Crippen molar-refractivity contribution in [1.29, 1.82) is 0 Å². The number of nitrogens with zero attached hydrogens (tertiary/aromatic N) is 1. The Bertz CT molecular complexity index is 640. The summed E-state index contributed by atoms with van der Waals surface area (Å²) in [5.74, 6) is -0.337. The molecule has 0 aliphatic rings. The SMILES string of the molecule is CCc1nc(NCc2ccc(F)cc2F)cc(=O)[nH]1. The van der Waals surface area contributed by atoms with Gasteiger partial charge in [-0.1, -0.05) is 13.0 Å². The molecular weight excluding hydrogens is 252 g/mol. The van der Waals surface area contributed by atoms with Gasteiger partial charge in [0, 0.05) is 30.7 Å². The Labute approximate surface area is 108 Å². The Balaban J connectivity index is 2.14. The molecule has 6 heteroatoms. The molecule has 0 unspecified atom stereocenters. The fraction of sp³-hybridized carbons (Fsp3) is 0.231. The lowest BCUT2D eigenvalue weighted by molar-refractivity contribution is 0.574. The van der Waals surface area contributed by atoms with Crippen molar-refractivity contribution in [2.45, 2.75) is 19.9 Å². The molecule has 100 valence electrons. The second-order valence-corrected chi connectivity index (χ2v) is 4.02. The number of H-pyrrole nitrogens is 1. The zero-order chi connectivity index (χ0) is 13.8. The number of aromatic nitrogens is 2. The van der Waals surface area contributed by atoms with Crippen molar-refractivity contribution in [3.05, 3.63) is 57.6 Å². The summed E-state index contributed by atoms with van der Waals surface area (Å²) in [6, 6.07) is 4.65. The van der Waals surface area contributed by atoms with Crippen LogP contribution >= 0.6 is 0 Å². The van der Waals surface area contributed by atoms with E-state index in [1.54, 1.807) is 0 Å². The molecule has 0 saturated carbocycles. The average molecular weight is 265 g/mol. The number of benzene rings is 1. The first-order chi connectivity index (χ1) is 9.08. The molecule has 2 N–H and O–H groups in total. The highest BCUT2D eigenvalue weighted by Gasteiger charge is 2.05. The first-order valence-electron chi connectivity index (χ1n) is 5.86. The Morgan fingerprint density at radius 3 is 2.79 bits per heavy atom. The van der Waals surface area contributed by atoms with Gasteiger partial charge in [-0.15, -0.1) is 0 Å². The van der Waals surface area contributed by atoms with Crippen LogP contribution in [-0.2, 0) is 13.0 Å². The van der Waals surface area contributed by atoms with Crippen molar-refractivity contribution in [1.82, 2.24) is 9.97 Å². The number of anilines is 1. The number of halogens is 2. The number of aryl methyl sites for hydroxylation is 1. The molecule has 19 heavy (non-hydrogen) atoms. The lowest BCUT2D eigenvalue weighted by atomic mass is 10.2. The third kappa shape index (κ3) is 3.37. The summed E-state index contributed by atoms with van der Waals surface area (Å²) in [7, 11) is 0. The van der Waals surface area contributed by atoms with Crippen LogP contribution in [0.4, 0.5) is 14.6 Å². The quantitative estimate of drug-likeness (QED) is 0.891. The van der Waals surface area contributed by atoms with Gasteiger partial charge in [-0.2, -0.15) is 0 Å². The topological polar surface area (TPSA) is 57.8 Å². The summed E-state index contributed by atoms with van der Waals surface area (Å²) in [5, 5.41) is 2.84. The number of aromatic amines is 1. The van der Waals surface area contributed by atoms with Crippen molar-refractivity contribution in [2.75, 3.05) is 5.32 Å². The largest absolute Gasteiger partial charge is 0.366 e. The summed E-state index contributed by atoms with van der Waals surface area (Å²) >= 11 is 0. The zero-order valence-corrected chi connectivity index (χ0v) is 10.3. The molecule has 0 amide bonds. The van der Waals surface area contributed by atoms with Gasteiger partial charge >= 0.3 is 0 Å². The third-order valence-electron chi connectivity index (χ3n) is 2.60. The smallest absolute Gasteiger partial charge is 0.252 e. The van der Waals surface area contributed by atoms with Crippen molar-refractivity contribution >= 4 is 5.82 Å². The van der Waals surface area contributed by atoms with E-state index < -0.39 is 11.6 Å². The van der Waals surface area contributed by atoms with E-state index in [0.717, 1.165) is 6.07 Å². The summed E-state index contributed by atoms with van der Waals surface area (Å²) in [4.78, 5) is 18.1. The van der Waals surface area contributed by atoms with Crippen LogP contribution < -0.4 is 10.9 Å². The van der Waals surface area contributed by atoms with Crippen LogP contribution in [0.3, 0.4) is 0 Å². The van der Waals surface area contributed by atoms with Gasteiger partial charge in [0.2, 0.25) is 0 Å². The molecule has 0 aliphatic carbocycles. The number of hydrogen-bond donors (Lipinski definition) is 2. The second-order valence-electron chi connectivity index (χ2n) is 4.02. The van der Waals surface area contributed by atoms with Gasteiger partial charge in [0.05, 0.1) is 0 Å². The van der Waals surface area contributed by atoms with Gasteiger partial charge in [-0.3, -0.25) is 4.79 Å². The van der Waals surface area contributed by atoms with Crippen LogP contribution in [0.15, 0.2) is 29.1 Å². The first kappa shape index (κ1) is 13.2. The molecule has 0 atom stereocenters. The molecule has 2 aromatic rings. The minimum atomic E-state index is -0.631. The summed E-state index contributed by atoms with van der Waals surface area (Å²) in [5.41, 5.74) is 0.0375. The second kappa shape index (κ2) is 5.60. The molecule has 1 aromatic heterocycles. The summed E-state index contributed by atoms with van der Waals surface area (Å²) in [6.07, 6.45) is 0.593. The van der Waals surface area contributed by atoms with Gasteiger partial charge in [-0.05, 0) is 6.07 Å². The van der Waals surface area contributed by atoms with E-state index >= 15 is 0 Å². The number of hydrogen-bond acceptors (Lipinski definition) is 3. The van der Waals surface area contributed by atoms with Crippen LogP contribution in [-0.4, -0.2) is 9.97 Å². The van der Waals surface area contributed by atoms with Crippen LogP contribution in [0.1, 0.15) is 18.3 Å². The van der Waals surface area contributed by atoms with Crippen molar-refractivity contribution in [3.63, 3.8) is 0 Å². The fourth-order valence-corrected chi connectivity index (χ4v) is 1.62. The maximum atomic E-state index is 13.4. The van der Waals surface area contributed by atoms with E-state index in [0.29, 0.717) is 23.6 Å². The molecular formula is C13H13F2N3O. The van der Waals surface area contributed by atoms with Crippen LogP contribution in [0, 0.1) is 11.6 Å². The maximum absolute atomic E-state index is 13.4. The Kier molecular flexibility index (Phi) is 3.89. The van der Waals surface area contributed by atoms with E-state index in [1.165, 1.54) is 18.2 Å². The highest BCUT2D eigenvalue weighted by molar-refractivity contribution is 5.35. The average Bonchev–Trinajstić information content (AvgIpc) is 2.37. The van der Waals surface area contributed by atoms with Crippen molar-refractivity contribution in [3.8, 4) is 0 Å². The molecule has 0 fully saturated rings. The predicted octanol–water partition coefficient (Wildman–Crippen LogP) is 2.22. The fourth-order valence-electron chi connectivity index (χ4n) is 1.62. The minimum Gasteiger partial charge on any atom is -0.366 e. The molecule has 1 heterocycles. The van der Waals surface area contributed by atoms with Gasteiger partial charge < -0.3 is 10.3 Å². The van der Waals surface area contributed by atoms with Crippen LogP contribution in [0.2, 0.25) is 0 Å². The normalized spacial score (nSPS) is 10.5. The number of nitrogens with one attached hydrogen (secondary N) is 2. The number of rotatable bonds is 4. The monoisotopic (exact) mass is 265 g/mol. The van der Waals surface area contributed by atoms with Crippen LogP contribution in [0.5, 0.6) is 0 Å². The predicted molar refractivity (Wildman–Crippen MR) is 67.9 cm³/mol. The lowest BCUT2D eigenvalue weighted by Gasteiger charge is -2.07. The lowest BCUT2D eigenvalue weighted by Crippen LogP contribution is -2.13. The van der Waals surface area contributed by atoms with Gasteiger partial charge in [0.1, 0.15) is 23.3 Å². The summed E-state index contributed by atoms with van der Waals surface area (Å²) < 4.78 is 26.2. The molecule has 0 saturated heterocycles. The standard InChI is InChI=1S/C13H13F2N3O/c1-2-11-17-12(6-13(19)18-11)16-7-8-3-4-9(14)5-10(8)15/h3-6H,2,7H2,1H3,(H2,16,17,18,19). The van der Waals surface area contributed by atoms with E-state index in [1.807, 2.05) is 6.92 Å². The zero-order valence-electron chi connectivity index (χ0n) is 10.3. The molecule has 0 aliphatic heterocycles. The Hall–Kier alpha value is -2.24. The Morgan fingerprint density at radius 1 is 1.32 bits per heavy atom. The molecule has 2 rings (SSSR count). The Morgan fingerprint density at radius 2 is 2.11 bits per heavy atom. The molecule has 0 spiro atoms. The van der Waals surface area contributed by atoms with E-state index in [4.69, 9.17) is 0 Å². The minimum absolute atomic E-state index is 0.131. The van der Waals surface area contributed by atoms with Crippen molar-refractivity contribution in [2.24, 2.45) is 0 Å². The molecule has 0 bridgehead atoms. The van der Waals surface area contributed by atoms with E-state index in [-0.39, 0.29) is 12.1 Å². The van der Waals surface area contributed by atoms with Gasteiger partial charge in [0.25, 0.3) is 5.56 Å². The first-order valence-corrected chi connectivity index (χ1v) is 5.86. The van der Waals surface area contributed by atoms with Crippen LogP contribution in [0.25, 0.3) is 0 Å². The molecule has 1 aromatic carbocycles. The van der Waals surface area contributed by atoms with E-state index in [9.17, 15) is 13.6 Å². The molecule has 4 nitrogen and oxygen atoms in total. The third-order valence-corrected chi connectivity index (χ3v) is 2.60. The van der Waals surface area contributed by atoms with Crippen molar-refractivity contribution < 1.29 is 8.78 Å². The van der Waals surface area contributed by atoms with Gasteiger partial charge in [-0.25, -0.2) is 13.8 Å².